The van der Waals surface area contributed by atoms with Gasteiger partial charge in [0.15, 0.2) is 0 Å². The lowest BCUT2D eigenvalue weighted by Crippen LogP contribution is -2.41. The van der Waals surface area contributed by atoms with Crippen LogP contribution in [0.15, 0.2) is 0 Å². The van der Waals surface area contributed by atoms with Gasteiger partial charge in [-0.2, -0.15) is 0 Å². The Kier molecular flexibility index (Phi) is 4.35. The van der Waals surface area contributed by atoms with E-state index < -0.39 is 0 Å². The molecule has 4 heteroatoms. The molecule has 0 aromatic carbocycles. The molecule has 1 saturated carbocycles. The Hall–Kier alpha value is -0.610. The summed E-state index contributed by atoms with van der Waals surface area (Å²) in [6.45, 7) is 3.20. The molecule has 0 spiro atoms. The maximum atomic E-state index is 11.8. The van der Waals surface area contributed by atoms with Crippen molar-refractivity contribution in [3.63, 3.8) is 0 Å². The summed E-state index contributed by atoms with van der Waals surface area (Å²) in [4.78, 5) is 13.7. The summed E-state index contributed by atoms with van der Waals surface area (Å²) in [5.41, 5.74) is 5.44. The van der Waals surface area contributed by atoms with Crippen molar-refractivity contribution in [2.24, 2.45) is 5.73 Å². The monoisotopic (exact) mass is 200 g/mol. The molecule has 1 fully saturated rings. The number of nitrogens with two attached hydrogens (primary N) is 1. The first kappa shape index (κ1) is 11.5. The van der Waals surface area contributed by atoms with E-state index in [2.05, 4.69) is 0 Å². The Bertz CT molecular complexity index is 193. The number of amides is 1. The van der Waals surface area contributed by atoms with Crippen LogP contribution in [0.3, 0.4) is 0 Å². The standard InChI is InChI=1S/C10H20N2O2/c1-8(14-2)10(13)12(7-3-6-11)9-4-5-9/h8-9H,3-7,11H2,1-2H3. The highest BCUT2D eigenvalue weighted by molar-refractivity contribution is 5.81. The molecule has 14 heavy (non-hydrogen) atoms. The predicted molar refractivity (Wildman–Crippen MR) is 54.9 cm³/mol. The van der Waals surface area contributed by atoms with E-state index in [1.807, 2.05) is 4.90 Å². The SMILES string of the molecule is COC(C)C(=O)N(CCCN)C1CC1. The van der Waals surface area contributed by atoms with Gasteiger partial charge in [-0.25, -0.2) is 0 Å². The second-order valence-corrected chi connectivity index (χ2v) is 3.78. The van der Waals surface area contributed by atoms with Gasteiger partial charge in [0.1, 0.15) is 6.10 Å². The zero-order valence-electron chi connectivity index (χ0n) is 9.03. The van der Waals surface area contributed by atoms with Gasteiger partial charge in [-0.05, 0) is 32.7 Å². The van der Waals surface area contributed by atoms with Crippen LogP contribution in [-0.2, 0) is 9.53 Å². The Labute approximate surface area is 85.4 Å². The minimum Gasteiger partial charge on any atom is -0.372 e. The first-order chi connectivity index (χ1) is 6.70. The van der Waals surface area contributed by atoms with Crippen molar-refractivity contribution in [2.75, 3.05) is 20.2 Å². The summed E-state index contributed by atoms with van der Waals surface area (Å²) in [7, 11) is 1.57. The van der Waals surface area contributed by atoms with E-state index in [1.54, 1.807) is 14.0 Å². The Morgan fingerprint density at radius 3 is 2.71 bits per heavy atom. The zero-order chi connectivity index (χ0) is 10.6. The molecule has 0 bridgehead atoms. The van der Waals surface area contributed by atoms with E-state index in [9.17, 15) is 4.79 Å². The topological polar surface area (TPSA) is 55.6 Å². The number of rotatable bonds is 6. The molecule has 1 rings (SSSR count). The molecule has 0 radical (unpaired) electrons. The van der Waals surface area contributed by atoms with Crippen LogP contribution >= 0.6 is 0 Å². The molecule has 1 aliphatic carbocycles. The van der Waals surface area contributed by atoms with E-state index >= 15 is 0 Å². The largest absolute Gasteiger partial charge is 0.372 e. The number of ether oxygens (including phenoxy) is 1. The highest BCUT2D eigenvalue weighted by atomic mass is 16.5. The van der Waals surface area contributed by atoms with Crippen molar-refractivity contribution >= 4 is 5.91 Å². The van der Waals surface area contributed by atoms with Crippen LogP contribution in [0.2, 0.25) is 0 Å². The molecule has 2 N–H and O–H groups in total. The average molecular weight is 200 g/mol. The summed E-state index contributed by atoms with van der Waals surface area (Å²) in [5.74, 6) is 0.100. The summed E-state index contributed by atoms with van der Waals surface area (Å²) >= 11 is 0. The maximum absolute atomic E-state index is 11.8. The molecule has 1 unspecified atom stereocenters. The second-order valence-electron chi connectivity index (χ2n) is 3.78. The number of carbonyl (C=O) groups excluding carboxylic acids is 1. The molecular weight excluding hydrogens is 180 g/mol. The lowest BCUT2D eigenvalue weighted by Gasteiger charge is -2.24. The van der Waals surface area contributed by atoms with E-state index in [-0.39, 0.29) is 12.0 Å². The molecule has 1 amide bonds. The third kappa shape index (κ3) is 2.96. The van der Waals surface area contributed by atoms with Gasteiger partial charge in [0.2, 0.25) is 0 Å². The fraction of sp³-hybridized carbons (Fsp3) is 0.900. The van der Waals surface area contributed by atoms with Crippen molar-refractivity contribution in [2.45, 2.75) is 38.3 Å². The third-order valence-electron chi connectivity index (χ3n) is 2.58. The highest BCUT2D eigenvalue weighted by Gasteiger charge is 2.33. The Morgan fingerprint density at radius 1 is 1.64 bits per heavy atom. The van der Waals surface area contributed by atoms with Crippen molar-refractivity contribution in [1.82, 2.24) is 4.90 Å². The molecule has 0 heterocycles. The van der Waals surface area contributed by atoms with E-state index in [0.717, 1.165) is 25.8 Å². The normalized spacial score (nSPS) is 17.9. The van der Waals surface area contributed by atoms with Gasteiger partial charge in [-0.15, -0.1) is 0 Å². The molecular formula is C10H20N2O2. The molecule has 4 nitrogen and oxygen atoms in total. The lowest BCUT2D eigenvalue weighted by atomic mass is 10.3. The number of hydrogen-bond acceptors (Lipinski definition) is 3. The fourth-order valence-electron chi connectivity index (χ4n) is 1.45. The minimum atomic E-state index is -0.326. The summed E-state index contributed by atoms with van der Waals surface area (Å²) in [6.07, 6.45) is 2.81. The van der Waals surface area contributed by atoms with Crippen LogP contribution < -0.4 is 5.73 Å². The number of carbonyl (C=O) groups is 1. The maximum Gasteiger partial charge on any atom is 0.251 e. The van der Waals surface area contributed by atoms with Gasteiger partial charge in [-0.1, -0.05) is 0 Å². The predicted octanol–water partition coefficient (Wildman–Crippen LogP) is 0.361. The minimum absolute atomic E-state index is 0.100. The van der Waals surface area contributed by atoms with Gasteiger partial charge in [0.05, 0.1) is 0 Å². The van der Waals surface area contributed by atoms with Gasteiger partial charge < -0.3 is 15.4 Å². The summed E-state index contributed by atoms with van der Waals surface area (Å²) in [6, 6.07) is 0.451. The van der Waals surface area contributed by atoms with Crippen LogP contribution in [-0.4, -0.2) is 43.2 Å². The van der Waals surface area contributed by atoms with E-state index in [4.69, 9.17) is 10.5 Å². The number of hydrogen-bond donors (Lipinski definition) is 1. The average Bonchev–Trinajstić information content (AvgIpc) is 3.01. The Balaban J connectivity index is 2.44. The van der Waals surface area contributed by atoms with Crippen molar-refractivity contribution < 1.29 is 9.53 Å². The van der Waals surface area contributed by atoms with Crippen molar-refractivity contribution in [1.29, 1.82) is 0 Å². The van der Waals surface area contributed by atoms with E-state index in [0.29, 0.717) is 12.6 Å². The first-order valence-corrected chi connectivity index (χ1v) is 5.24. The fourth-order valence-corrected chi connectivity index (χ4v) is 1.45. The van der Waals surface area contributed by atoms with Gasteiger partial charge in [0, 0.05) is 19.7 Å². The number of nitrogens with zero attached hydrogens (tertiary/aromatic N) is 1. The van der Waals surface area contributed by atoms with Crippen molar-refractivity contribution in [3.05, 3.63) is 0 Å². The van der Waals surface area contributed by atoms with Gasteiger partial charge >= 0.3 is 0 Å². The smallest absolute Gasteiger partial charge is 0.251 e. The first-order valence-electron chi connectivity index (χ1n) is 5.24. The Morgan fingerprint density at radius 2 is 2.29 bits per heavy atom. The highest BCUT2D eigenvalue weighted by Crippen LogP contribution is 2.27. The molecule has 82 valence electrons. The van der Waals surface area contributed by atoms with Crippen LogP contribution in [0.5, 0.6) is 0 Å². The molecule has 0 aromatic heterocycles. The van der Waals surface area contributed by atoms with E-state index in [1.165, 1.54) is 0 Å². The molecule has 0 aromatic rings. The summed E-state index contributed by atoms with van der Waals surface area (Å²) < 4.78 is 5.03. The lowest BCUT2D eigenvalue weighted by molar-refractivity contribution is -0.141. The van der Waals surface area contributed by atoms with Crippen molar-refractivity contribution in [3.8, 4) is 0 Å². The molecule has 0 aliphatic heterocycles. The molecule has 1 aliphatic rings. The van der Waals surface area contributed by atoms with Crippen LogP contribution in [0, 0.1) is 0 Å². The van der Waals surface area contributed by atoms with Gasteiger partial charge in [0.25, 0.3) is 5.91 Å². The van der Waals surface area contributed by atoms with Gasteiger partial charge in [-0.3, -0.25) is 4.79 Å². The van der Waals surface area contributed by atoms with Crippen LogP contribution in [0.1, 0.15) is 26.2 Å². The van der Waals surface area contributed by atoms with Crippen LogP contribution in [0.25, 0.3) is 0 Å². The third-order valence-corrected chi connectivity index (χ3v) is 2.58. The quantitative estimate of drug-likeness (QED) is 0.673. The number of methoxy groups -OCH3 is 1. The molecule has 0 saturated heterocycles. The van der Waals surface area contributed by atoms with Crippen LogP contribution in [0.4, 0.5) is 0 Å². The molecule has 1 atom stereocenters. The second kappa shape index (κ2) is 5.32. The summed E-state index contributed by atoms with van der Waals surface area (Å²) in [5, 5.41) is 0. The zero-order valence-corrected chi connectivity index (χ0v) is 9.03.